The van der Waals surface area contributed by atoms with E-state index in [1.54, 1.807) is 7.05 Å². The molecule has 0 aliphatic carbocycles. The molecular formula is C14H14F3N3O. The molecule has 0 atom stereocenters. The molecule has 0 bridgehead atoms. The molecule has 0 amide bonds. The predicted octanol–water partition coefficient (Wildman–Crippen LogP) is 2.40. The van der Waals surface area contributed by atoms with Crippen molar-refractivity contribution in [2.45, 2.75) is 12.7 Å². The van der Waals surface area contributed by atoms with E-state index in [0.29, 0.717) is 12.6 Å². The smallest absolute Gasteiger partial charge is 0.373 e. The second-order valence-electron chi connectivity index (χ2n) is 4.53. The molecule has 1 heterocycles. The monoisotopic (exact) mass is 297 g/mol. The predicted molar refractivity (Wildman–Crippen MR) is 73.2 cm³/mol. The van der Waals surface area contributed by atoms with Crippen LogP contribution in [0.2, 0.25) is 0 Å². The Hall–Kier alpha value is -2.31. The van der Waals surface area contributed by atoms with Crippen LogP contribution in [0.3, 0.4) is 0 Å². The first kappa shape index (κ1) is 15.1. The summed E-state index contributed by atoms with van der Waals surface area (Å²) >= 11 is 0. The minimum atomic E-state index is -4.55. The molecule has 1 aromatic heterocycles. The van der Waals surface area contributed by atoms with Gasteiger partial charge in [0.15, 0.2) is 5.69 Å². The van der Waals surface area contributed by atoms with Crippen molar-refractivity contribution < 1.29 is 13.2 Å². The first-order chi connectivity index (χ1) is 9.88. The molecule has 0 spiro atoms. The van der Waals surface area contributed by atoms with Gasteiger partial charge < -0.3 is 4.90 Å². The Labute approximate surface area is 119 Å². The summed E-state index contributed by atoms with van der Waals surface area (Å²) in [6.07, 6.45) is -4.55. The standard InChI is InChI=1S/C14H14F3N3O/c1-19(11-5-3-2-4-6-11)9-10-20-13(21)8-7-12(18-20)14(15,16)17/h2-8H,9-10H2,1H3. The highest BCUT2D eigenvalue weighted by Gasteiger charge is 2.33. The third-order valence-electron chi connectivity index (χ3n) is 3.00. The normalized spacial score (nSPS) is 11.4. The molecule has 2 aromatic rings. The van der Waals surface area contributed by atoms with Crippen LogP contribution in [0.25, 0.3) is 0 Å². The molecule has 0 saturated carbocycles. The van der Waals surface area contributed by atoms with E-state index in [9.17, 15) is 18.0 Å². The highest BCUT2D eigenvalue weighted by Crippen LogP contribution is 2.26. The van der Waals surface area contributed by atoms with Crippen LogP contribution in [-0.4, -0.2) is 23.4 Å². The summed E-state index contributed by atoms with van der Waals surface area (Å²) in [5.74, 6) is 0. The fraction of sp³-hybridized carbons (Fsp3) is 0.286. The molecule has 0 aliphatic rings. The molecule has 112 valence electrons. The van der Waals surface area contributed by atoms with Crippen LogP contribution in [0.15, 0.2) is 47.3 Å². The van der Waals surface area contributed by atoms with Gasteiger partial charge in [0.05, 0.1) is 6.54 Å². The lowest BCUT2D eigenvalue weighted by atomic mass is 10.3. The molecule has 2 rings (SSSR count). The maximum Gasteiger partial charge on any atom is 0.435 e. The second-order valence-corrected chi connectivity index (χ2v) is 4.53. The van der Waals surface area contributed by atoms with Crippen LogP contribution in [0.5, 0.6) is 0 Å². The minimum absolute atomic E-state index is 0.0775. The highest BCUT2D eigenvalue weighted by atomic mass is 19.4. The maximum atomic E-state index is 12.6. The Kier molecular flexibility index (Phi) is 4.30. The Balaban J connectivity index is 2.11. The first-order valence-electron chi connectivity index (χ1n) is 6.29. The Morgan fingerprint density at radius 3 is 2.43 bits per heavy atom. The van der Waals surface area contributed by atoms with Crippen molar-refractivity contribution in [2.24, 2.45) is 0 Å². The first-order valence-corrected chi connectivity index (χ1v) is 6.29. The lowest BCUT2D eigenvalue weighted by Gasteiger charge is -2.19. The molecule has 0 fully saturated rings. The van der Waals surface area contributed by atoms with Gasteiger partial charge >= 0.3 is 6.18 Å². The summed E-state index contributed by atoms with van der Waals surface area (Å²) in [5, 5.41) is 3.36. The van der Waals surface area contributed by atoms with Crippen LogP contribution in [0.1, 0.15) is 5.69 Å². The number of anilines is 1. The van der Waals surface area contributed by atoms with Crippen molar-refractivity contribution in [3.8, 4) is 0 Å². The molecule has 0 saturated heterocycles. The Morgan fingerprint density at radius 2 is 1.81 bits per heavy atom. The fourth-order valence-corrected chi connectivity index (χ4v) is 1.82. The van der Waals surface area contributed by atoms with E-state index in [-0.39, 0.29) is 6.54 Å². The number of alkyl halides is 3. The zero-order valence-corrected chi connectivity index (χ0v) is 11.3. The molecule has 21 heavy (non-hydrogen) atoms. The zero-order chi connectivity index (χ0) is 15.5. The molecule has 0 N–H and O–H groups in total. The molecular weight excluding hydrogens is 283 g/mol. The summed E-state index contributed by atoms with van der Waals surface area (Å²) in [6, 6.07) is 10.9. The molecule has 7 heteroatoms. The van der Waals surface area contributed by atoms with Gasteiger partial charge in [0.1, 0.15) is 0 Å². The number of hydrogen-bond donors (Lipinski definition) is 0. The molecule has 1 aromatic carbocycles. The van der Waals surface area contributed by atoms with E-state index in [2.05, 4.69) is 5.10 Å². The van der Waals surface area contributed by atoms with Gasteiger partial charge in [0.25, 0.3) is 5.56 Å². The number of benzene rings is 1. The minimum Gasteiger partial charge on any atom is -0.373 e. The number of hydrogen-bond acceptors (Lipinski definition) is 3. The van der Waals surface area contributed by atoms with Crippen molar-refractivity contribution in [2.75, 3.05) is 18.5 Å². The van der Waals surface area contributed by atoms with Crippen LogP contribution in [0.4, 0.5) is 18.9 Å². The lowest BCUT2D eigenvalue weighted by molar-refractivity contribution is -0.142. The summed E-state index contributed by atoms with van der Waals surface area (Å²) in [7, 11) is 1.80. The average Bonchev–Trinajstić information content (AvgIpc) is 2.45. The van der Waals surface area contributed by atoms with Crippen molar-refractivity contribution in [3.05, 3.63) is 58.5 Å². The largest absolute Gasteiger partial charge is 0.435 e. The van der Waals surface area contributed by atoms with Gasteiger partial charge in [0.2, 0.25) is 0 Å². The van der Waals surface area contributed by atoms with Gasteiger partial charge in [-0.15, -0.1) is 0 Å². The quantitative estimate of drug-likeness (QED) is 0.870. The Bertz CT molecular complexity index is 653. The number of likely N-dealkylation sites (N-methyl/N-ethyl adjacent to an activating group) is 1. The van der Waals surface area contributed by atoms with E-state index in [1.165, 1.54) is 0 Å². The van der Waals surface area contributed by atoms with E-state index >= 15 is 0 Å². The van der Waals surface area contributed by atoms with Crippen LogP contribution >= 0.6 is 0 Å². The van der Waals surface area contributed by atoms with E-state index in [4.69, 9.17) is 0 Å². The lowest BCUT2D eigenvalue weighted by Crippen LogP contribution is -2.31. The van der Waals surface area contributed by atoms with Gasteiger partial charge in [0, 0.05) is 25.3 Å². The number of para-hydroxylation sites is 1. The Morgan fingerprint density at radius 1 is 1.14 bits per heavy atom. The molecule has 0 radical (unpaired) electrons. The van der Waals surface area contributed by atoms with Gasteiger partial charge in [-0.25, -0.2) is 4.68 Å². The van der Waals surface area contributed by atoms with Gasteiger partial charge in [-0.1, -0.05) is 18.2 Å². The summed E-state index contributed by atoms with van der Waals surface area (Å²) in [4.78, 5) is 13.4. The number of halogens is 3. The topological polar surface area (TPSA) is 38.1 Å². The average molecular weight is 297 g/mol. The van der Waals surface area contributed by atoms with E-state index in [0.717, 1.165) is 16.4 Å². The molecule has 0 unspecified atom stereocenters. The molecule has 0 aliphatic heterocycles. The van der Waals surface area contributed by atoms with Gasteiger partial charge in [-0.3, -0.25) is 4.79 Å². The van der Waals surface area contributed by atoms with Crippen molar-refractivity contribution in [1.82, 2.24) is 9.78 Å². The van der Waals surface area contributed by atoms with Crippen LogP contribution in [0, 0.1) is 0 Å². The zero-order valence-electron chi connectivity index (χ0n) is 11.3. The fourth-order valence-electron chi connectivity index (χ4n) is 1.82. The van der Waals surface area contributed by atoms with Gasteiger partial charge in [-0.2, -0.15) is 18.3 Å². The summed E-state index contributed by atoms with van der Waals surface area (Å²) < 4.78 is 38.6. The van der Waals surface area contributed by atoms with Gasteiger partial charge in [-0.05, 0) is 18.2 Å². The highest BCUT2D eigenvalue weighted by molar-refractivity contribution is 5.44. The van der Waals surface area contributed by atoms with Crippen LogP contribution in [-0.2, 0) is 12.7 Å². The number of nitrogens with zero attached hydrogens (tertiary/aromatic N) is 3. The third kappa shape index (κ3) is 3.84. The van der Waals surface area contributed by atoms with Crippen molar-refractivity contribution in [1.29, 1.82) is 0 Å². The van der Waals surface area contributed by atoms with Crippen LogP contribution < -0.4 is 10.5 Å². The van der Waals surface area contributed by atoms with Crippen molar-refractivity contribution >= 4 is 5.69 Å². The SMILES string of the molecule is CN(CCn1nc(C(F)(F)F)ccc1=O)c1ccccc1. The van der Waals surface area contributed by atoms with E-state index in [1.807, 2.05) is 35.2 Å². The third-order valence-corrected chi connectivity index (χ3v) is 3.00. The number of aromatic nitrogens is 2. The molecule has 4 nitrogen and oxygen atoms in total. The summed E-state index contributed by atoms with van der Waals surface area (Å²) in [6.45, 7) is 0.451. The number of rotatable bonds is 4. The van der Waals surface area contributed by atoms with E-state index < -0.39 is 17.4 Å². The maximum absolute atomic E-state index is 12.6. The summed E-state index contributed by atoms with van der Waals surface area (Å²) in [5.41, 5.74) is -0.702. The van der Waals surface area contributed by atoms with Crippen molar-refractivity contribution in [3.63, 3.8) is 0 Å². The second kappa shape index (κ2) is 5.99.